The molecule has 5 heteroatoms. The maximum Gasteiger partial charge on any atom is 0.144 e. The highest BCUT2D eigenvalue weighted by molar-refractivity contribution is 6.31. The van der Waals surface area contributed by atoms with Gasteiger partial charge in [0.1, 0.15) is 11.6 Å². The SMILES string of the molecule is CC(Cl)c1nc2cc(F)c(Cl)cc2n1CC1CC1(C)C. The van der Waals surface area contributed by atoms with E-state index >= 15 is 0 Å². The summed E-state index contributed by atoms with van der Waals surface area (Å²) in [6.45, 7) is 7.26. The van der Waals surface area contributed by atoms with Gasteiger partial charge in [0.2, 0.25) is 0 Å². The third kappa shape index (κ3) is 2.31. The fourth-order valence-electron chi connectivity index (χ4n) is 2.74. The molecule has 3 rings (SSSR count). The minimum Gasteiger partial charge on any atom is -0.326 e. The Morgan fingerprint density at radius 2 is 2.15 bits per heavy atom. The first-order valence-corrected chi connectivity index (χ1v) is 7.60. The van der Waals surface area contributed by atoms with Crippen LogP contribution in [-0.4, -0.2) is 9.55 Å². The molecule has 0 aliphatic heterocycles. The van der Waals surface area contributed by atoms with Gasteiger partial charge in [0.15, 0.2) is 0 Å². The highest BCUT2D eigenvalue weighted by Crippen LogP contribution is 2.53. The number of rotatable bonds is 3. The summed E-state index contributed by atoms with van der Waals surface area (Å²) < 4.78 is 15.7. The molecule has 0 amide bonds. The first-order valence-electron chi connectivity index (χ1n) is 6.79. The third-order valence-corrected chi connectivity index (χ3v) is 4.78. The molecular formula is C15H17Cl2FN2. The van der Waals surface area contributed by atoms with E-state index in [9.17, 15) is 4.39 Å². The Morgan fingerprint density at radius 1 is 1.50 bits per heavy atom. The molecule has 2 unspecified atom stereocenters. The molecule has 1 saturated carbocycles. The van der Waals surface area contributed by atoms with E-state index in [0.29, 0.717) is 16.8 Å². The van der Waals surface area contributed by atoms with Crippen molar-refractivity contribution in [2.24, 2.45) is 11.3 Å². The topological polar surface area (TPSA) is 17.8 Å². The number of hydrogen-bond acceptors (Lipinski definition) is 1. The summed E-state index contributed by atoms with van der Waals surface area (Å²) in [7, 11) is 0. The quantitative estimate of drug-likeness (QED) is 0.714. The lowest BCUT2D eigenvalue weighted by Gasteiger charge is -2.11. The second-order valence-electron chi connectivity index (χ2n) is 6.34. The highest BCUT2D eigenvalue weighted by Gasteiger charge is 2.45. The maximum atomic E-state index is 13.6. The number of imidazole rings is 1. The van der Waals surface area contributed by atoms with Gasteiger partial charge in [-0.3, -0.25) is 0 Å². The molecule has 20 heavy (non-hydrogen) atoms. The van der Waals surface area contributed by atoms with Crippen LogP contribution in [0.4, 0.5) is 4.39 Å². The zero-order chi connectivity index (χ0) is 14.7. The smallest absolute Gasteiger partial charge is 0.144 e. The van der Waals surface area contributed by atoms with E-state index in [1.54, 1.807) is 6.07 Å². The first-order chi connectivity index (χ1) is 9.29. The predicted octanol–water partition coefficient (Wildman–Crippen LogP) is 5.17. The molecule has 1 aliphatic carbocycles. The van der Waals surface area contributed by atoms with Crippen LogP contribution in [0.2, 0.25) is 5.02 Å². The molecule has 2 aromatic rings. The summed E-state index contributed by atoms with van der Waals surface area (Å²) in [5, 5.41) is -0.0893. The zero-order valence-electron chi connectivity index (χ0n) is 11.8. The van der Waals surface area contributed by atoms with E-state index in [1.807, 2.05) is 6.92 Å². The normalized spacial score (nSPS) is 22.2. The van der Waals surface area contributed by atoms with Crippen LogP contribution in [0.25, 0.3) is 11.0 Å². The lowest BCUT2D eigenvalue weighted by molar-refractivity contribution is 0.495. The number of nitrogens with zero attached hydrogens (tertiary/aromatic N) is 2. The minimum atomic E-state index is -0.440. The lowest BCUT2D eigenvalue weighted by atomic mass is 10.1. The monoisotopic (exact) mass is 314 g/mol. The summed E-state index contributed by atoms with van der Waals surface area (Å²) in [6, 6.07) is 3.03. The number of fused-ring (bicyclic) bond motifs is 1. The molecule has 0 bridgehead atoms. The van der Waals surface area contributed by atoms with Gasteiger partial charge in [0.05, 0.1) is 21.4 Å². The van der Waals surface area contributed by atoms with Crippen molar-refractivity contribution in [3.05, 3.63) is 28.8 Å². The van der Waals surface area contributed by atoms with Crippen LogP contribution in [0.3, 0.4) is 0 Å². The van der Waals surface area contributed by atoms with Gasteiger partial charge in [-0.05, 0) is 30.7 Å². The summed E-state index contributed by atoms with van der Waals surface area (Å²) >= 11 is 12.1. The molecule has 1 aliphatic rings. The van der Waals surface area contributed by atoms with Gasteiger partial charge in [-0.2, -0.15) is 0 Å². The van der Waals surface area contributed by atoms with Crippen LogP contribution in [-0.2, 0) is 6.54 Å². The van der Waals surface area contributed by atoms with Gasteiger partial charge < -0.3 is 4.57 Å². The van der Waals surface area contributed by atoms with Crippen LogP contribution in [0.5, 0.6) is 0 Å². The van der Waals surface area contributed by atoms with Crippen LogP contribution in [0.1, 0.15) is 38.4 Å². The molecule has 0 radical (unpaired) electrons. The van der Waals surface area contributed by atoms with Gasteiger partial charge in [0, 0.05) is 12.6 Å². The summed E-state index contributed by atoms with van der Waals surface area (Å²) in [5.41, 5.74) is 1.85. The average Bonchev–Trinajstić information content (AvgIpc) is 2.78. The Labute approximate surface area is 127 Å². The van der Waals surface area contributed by atoms with E-state index in [-0.39, 0.29) is 10.4 Å². The van der Waals surface area contributed by atoms with Gasteiger partial charge in [-0.25, -0.2) is 9.37 Å². The van der Waals surface area contributed by atoms with Crippen molar-refractivity contribution in [1.82, 2.24) is 9.55 Å². The van der Waals surface area contributed by atoms with E-state index in [0.717, 1.165) is 17.9 Å². The minimum absolute atomic E-state index is 0.127. The number of benzene rings is 1. The molecule has 108 valence electrons. The van der Waals surface area contributed by atoms with E-state index < -0.39 is 5.82 Å². The fourth-order valence-corrected chi connectivity index (χ4v) is 3.07. The zero-order valence-corrected chi connectivity index (χ0v) is 13.3. The van der Waals surface area contributed by atoms with E-state index in [1.165, 1.54) is 12.5 Å². The number of alkyl halides is 1. The van der Waals surface area contributed by atoms with Crippen molar-refractivity contribution in [2.75, 3.05) is 0 Å². The molecule has 1 aromatic carbocycles. The van der Waals surface area contributed by atoms with Crippen LogP contribution in [0.15, 0.2) is 12.1 Å². The maximum absolute atomic E-state index is 13.6. The fraction of sp³-hybridized carbons (Fsp3) is 0.533. The molecule has 0 saturated heterocycles. The standard InChI is InChI=1S/C15H17Cl2FN2/c1-8(16)14-19-12-5-11(18)10(17)4-13(12)20(14)7-9-6-15(9,2)3/h4-5,8-9H,6-7H2,1-3H3. The predicted molar refractivity (Wildman–Crippen MR) is 80.9 cm³/mol. The molecule has 2 nitrogen and oxygen atoms in total. The van der Waals surface area contributed by atoms with E-state index in [2.05, 4.69) is 23.4 Å². The Hall–Kier alpha value is -0.800. The van der Waals surface area contributed by atoms with Crippen molar-refractivity contribution in [1.29, 1.82) is 0 Å². The van der Waals surface area contributed by atoms with Crippen molar-refractivity contribution in [2.45, 2.75) is 39.1 Å². The first kappa shape index (κ1) is 14.2. The van der Waals surface area contributed by atoms with Crippen LogP contribution in [0, 0.1) is 17.2 Å². The van der Waals surface area contributed by atoms with Crippen LogP contribution < -0.4 is 0 Å². The van der Waals surface area contributed by atoms with Crippen LogP contribution >= 0.6 is 23.2 Å². The second kappa shape index (κ2) is 4.60. The average molecular weight is 315 g/mol. The Morgan fingerprint density at radius 3 is 2.70 bits per heavy atom. The van der Waals surface area contributed by atoms with Crippen molar-refractivity contribution in [3.8, 4) is 0 Å². The van der Waals surface area contributed by atoms with Crippen molar-refractivity contribution in [3.63, 3.8) is 0 Å². The second-order valence-corrected chi connectivity index (χ2v) is 7.40. The van der Waals surface area contributed by atoms with Crippen molar-refractivity contribution < 1.29 is 4.39 Å². The van der Waals surface area contributed by atoms with Gasteiger partial charge in [-0.15, -0.1) is 11.6 Å². The van der Waals surface area contributed by atoms with Gasteiger partial charge in [-0.1, -0.05) is 25.4 Å². The number of hydrogen-bond donors (Lipinski definition) is 0. The Balaban J connectivity index is 2.11. The Kier molecular flexibility index (Phi) is 3.26. The largest absolute Gasteiger partial charge is 0.326 e. The summed E-state index contributed by atoms with van der Waals surface area (Å²) in [5.74, 6) is 0.952. The molecule has 1 aromatic heterocycles. The van der Waals surface area contributed by atoms with Crippen molar-refractivity contribution >= 4 is 34.2 Å². The van der Waals surface area contributed by atoms with Gasteiger partial charge >= 0.3 is 0 Å². The summed E-state index contributed by atoms with van der Waals surface area (Å²) in [4.78, 5) is 4.48. The molecule has 1 heterocycles. The highest BCUT2D eigenvalue weighted by atomic mass is 35.5. The number of aromatic nitrogens is 2. The van der Waals surface area contributed by atoms with E-state index in [4.69, 9.17) is 23.2 Å². The molecule has 2 atom stereocenters. The molecule has 0 N–H and O–H groups in total. The summed E-state index contributed by atoms with van der Waals surface area (Å²) in [6.07, 6.45) is 1.19. The number of halogens is 3. The Bertz CT molecular complexity index is 676. The molecule has 0 spiro atoms. The molecule has 1 fully saturated rings. The molecular weight excluding hydrogens is 298 g/mol. The lowest BCUT2D eigenvalue weighted by Crippen LogP contribution is -2.08. The third-order valence-electron chi connectivity index (χ3n) is 4.30. The van der Waals surface area contributed by atoms with Gasteiger partial charge in [0.25, 0.3) is 0 Å².